The number of benzene rings is 1. The fraction of sp³-hybridized carbons (Fsp3) is 0.571. The molecule has 1 heterocycles. The number of likely N-dealkylation sites (N-methyl/N-ethyl adjacent to an activating group) is 1. The van der Waals surface area contributed by atoms with Crippen molar-refractivity contribution >= 4 is 0 Å². The Morgan fingerprint density at radius 3 is 2.25 bits per heavy atom. The molecule has 0 unspecified atom stereocenters. The quantitative estimate of drug-likeness (QED) is 0.835. The van der Waals surface area contributed by atoms with Gasteiger partial charge in [-0.15, -0.1) is 0 Å². The second-order valence-electron chi connectivity index (χ2n) is 5.33. The summed E-state index contributed by atoms with van der Waals surface area (Å²) in [6.07, 6.45) is 0. The molecule has 2 rings (SSSR count). The molecule has 0 atom stereocenters. The molecule has 0 aliphatic carbocycles. The molecular weight excluding hydrogens is 196 g/mol. The van der Waals surface area contributed by atoms with E-state index in [1.165, 1.54) is 11.1 Å². The van der Waals surface area contributed by atoms with Gasteiger partial charge in [0.2, 0.25) is 0 Å². The molecular formula is C14H22N2. The Morgan fingerprint density at radius 2 is 1.75 bits per heavy atom. The highest BCUT2D eigenvalue weighted by molar-refractivity contribution is 5.30. The largest absolute Gasteiger partial charge is 0.311 e. The van der Waals surface area contributed by atoms with Crippen LogP contribution in [0.25, 0.3) is 0 Å². The zero-order valence-electron chi connectivity index (χ0n) is 10.6. The summed E-state index contributed by atoms with van der Waals surface area (Å²) in [4.78, 5) is 2.52. The molecule has 1 aromatic rings. The number of hydrogen-bond acceptors (Lipinski definition) is 2. The van der Waals surface area contributed by atoms with Crippen LogP contribution in [-0.4, -0.2) is 23.5 Å². The normalized spacial score (nSPS) is 16.4. The molecule has 1 aliphatic heterocycles. The highest BCUT2D eigenvalue weighted by atomic mass is 15.2. The van der Waals surface area contributed by atoms with Gasteiger partial charge in [0.05, 0.1) is 0 Å². The minimum Gasteiger partial charge on any atom is -0.311 e. The molecule has 0 fully saturated rings. The van der Waals surface area contributed by atoms with Crippen LogP contribution in [0.4, 0.5) is 0 Å². The van der Waals surface area contributed by atoms with Crippen LogP contribution in [0.15, 0.2) is 24.3 Å². The molecule has 0 radical (unpaired) electrons. The number of rotatable bonds is 4. The summed E-state index contributed by atoms with van der Waals surface area (Å²) in [6, 6.07) is 8.76. The summed E-state index contributed by atoms with van der Waals surface area (Å²) in [7, 11) is 0. The van der Waals surface area contributed by atoms with Gasteiger partial charge in [-0.1, -0.05) is 31.2 Å². The maximum absolute atomic E-state index is 3.53. The first-order valence-electron chi connectivity index (χ1n) is 6.15. The van der Waals surface area contributed by atoms with Crippen LogP contribution < -0.4 is 5.32 Å². The molecule has 0 saturated heterocycles. The number of nitrogens with zero attached hydrogens (tertiary/aromatic N) is 1. The van der Waals surface area contributed by atoms with Gasteiger partial charge in [0.25, 0.3) is 0 Å². The maximum Gasteiger partial charge on any atom is 0.0252 e. The lowest BCUT2D eigenvalue weighted by Crippen LogP contribution is -2.47. The Bertz CT molecular complexity index is 333. The van der Waals surface area contributed by atoms with Gasteiger partial charge in [-0.3, -0.25) is 4.90 Å². The molecule has 0 aromatic heterocycles. The average Bonchev–Trinajstić information content (AvgIpc) is 2.58. The molecule has 2 nitrogen and oxygen atoms in total. The Labute approximate surface area is 98.7 Å². The van der Waals surface area contributed by atoms with Crippen LogP contribution in [0.2, 0.25) is 0 Å². The standard InChI is InChI=1S/C14H22N2/c1-4-15-14(2,3)11-16-9-12-7-5-6-8-13(12)10-16/h5-8,15H,4,9-11H2,1-3H3. The molecule has 1 N–H and O–H groups in total. The third-order valence-corrected chi connectivity index (χ3v) is 3.18. The van der Waals surface area contributed by atoms with E-state index < -0.39 is 0 Å². The predicted octanol–water partition coefficient (Wildman–Crippen LogP) is 2.39. The van der Waals surface area contributed by atoms with Gasteiger partial charge in [-0.2, -0.15) is 0 Å². The van der Waals surface area contributed by atoms with E-state index in [9.17, 15) is 0 Å². The topological polar surface area (TPSA) is 15.3 Å². The summed E-state index contributed by atoms with van der Waals surface area (Å²) in [5, 5.41) is 3.53. The van der Waals surface area contributed by atoms with Crippen molar-refractivity contribution in [1.29, 1.82) is 0 Å². The van der Waals surface area contributed by atoms with E-state index in [4.69, 9.17) is 0 Å². The van der Waals surface area contributed by atoms with Gasteiger partial charge >= 0.3 is 0 Å². The second kappa shape index (κ2) is 4.56. The Balaban J connectivity index is 1.97. The minimum absolute atomic E-state index is 0.205. The lowest BCUT2D eigenvalue weighted by Gasteiger charge is -2.30. The summed E-state index contributed by atoms with van der Waals surface area (Å²) >= 11 is 0. The lowest BCUT2D eigenvalue weighted by atomic mass is 10.1. The maximum atomic E-state index is 3.53. The Morgan fingerprint density at radius 1 is 1.19 bits per heavy atom. The van der Waals surface area contributed by atoms with E-state index in [1.54, 1.807) is 0 Å². The number of hydrogen-bond donors (Lipinski definition) is 1. The van der Waals surface area contributed by atoms with Crippen LogP contribution >= 0.6 is 0 Å². The Kier molecular flexibility index (Phi) is 3.31. The van der Waals surface area contributed by atoms with Crippen molar-refractivity contribution in [3.05, 3.63) is 35.4 Å². The SMILES string of the molecule is CCNC(C)(C)CN1Cc2ccccc2C1. The summed E-state index contributed by atoms with van der Waals surface area (Å²) < 4.78 is 0. The van der Waals surface area contributed by atoms with Gasteiger partial charge in [-0.25, -0.2) is 0 Å². The monoisotopic (exact) mass is 218 g/mol. The van der Waals surface area contributed by atoms with Crippen molar-refractivity contribution in [2.45, 2.75) is 39.4 Å². The number of fused-ring (bicyclic) bond motifs is 1. The van der Waals surface area contributed by atoms with Gasteiger partial charge in [-0.05, 0) is 31.5 Å². The van der Waals surface area contributed by atoms with E-state index in [0.717, 1.165) is 26.2 Å². The molecule has 1 aromatic carbocycles. The molecule has 0 amide bonds. The highest BCUT2D eigenvalue weighted by Gasteiger charge is 2.25. The first-order valence-corrected chi connectivity index (χ1v) is 6.15. The molecule has 16 heavy (non-hydrogen) atoms. The van der Waals surface area contributed by atoms with Gasteiger partial charge in [0.1, 0.15) is 0 Å². The van der Waals surface area contributed by atoms with Crippen molar-refractivity contribution in [1.82, 2.24) is 10.2 Å². The molecule has 0 saturated carbocycles. The van der Waals surface area contributed by atoms with Crippen molar-refractivity contribution in [3.8, 4) is 0 Å². The van der Waals surface area contributed by atoms with E-state index in [1.807, 2.05) is 0 Å². The zero-order chi connectivity index (χ0) is 11.6. The van der Waals surface area contributed by atoms with Crippen LogP contribution in [-0.2, 0) is 13.1 Å². The smallest absolute Gasteiger partial charge is 0.0252 e. The zero-order valence-corrected chi connectivity index (χ0v) is 10.6. The van der Waals surface area contributed by atoms with Crippen molar-refractivity contribution in [2.24, 2.45) is 0 Å². The van der Waals surface area contributed by atoms with Crippen LogP contribution in [0, 0.1) is 0 Å². The molecule has 88 valence electrons. The van der Waals surface area contributed by atoms with Gasteiger partial charge in [0, 0.05) is 25.2 Å². The van der Waals surface area contributed by atoms with Crippen molar-refractivity contribution in [2.75, 3.05) is 13.1 Å². The van der Waals surface area contributed by atoms with Crippen LogP contribution in [0.5, 0.6) is 0 Å². The molecule has 1 aliphatic rings. The fourth-order valence-electron chi connectivity index (χ4n) is 2.61. The number of nitrogens with one attached hydrogen (secondary N) is 1. The molecule has 0 spiro atoms. The summed E-state index contributed by atoms with van der Waals surface area (Å²) in [5.74, 6) is 0. The third-order valence-electron chi connectivity index (χ3n) is 3.18. The summed E-state index contributed by atoms with van der Waals surface area (Å²) in [5.41, 5.74) is 3.20. The Hall–Kier alpha value is -0.860. The molecule has 2 heteroatoms. The van der Waals surface area contributed by atoms with E-state index in [2.05, 4.69) is 55.3 Å². The van der Waals surface area contributed by atoms with Crippen molar-refractivity contribution < 1.29 is 0 Å². The van der Waals surface area contributed by atoms with E-state index in [0.29, 0.717) is 0 Å². The third kappa shape index (κ3) is 2.63. The van der Waals surface area contributed by atoms with E-state index >= 15 is 0 Å². The van der Waals surface area contributed by atoms with Crippen LogP contribution in [0.3, 0.4) is 0 Å². The fourth-order valence-corrected chi connectivity index (χ4v) is 2.61. The van der Waals surface area contributed by atoms with Gasteiger partial charge < -0.3 is 5.32 Å². The first kappa shape index (κ1) is 11.6. The predicted molar refractivity (Wildman–Crippen MR) is 68.3 cm³/mol. The highest BCUT2D eigenvalue weighted by Crippen LogP contribution is 2.23. The summed E-state index contributed by atoms with van der Waals surface area (Å²) in [6.45, 7) is 11.1. The first-order chi connectivity index (χ1) is 7.61. The lowest BCUT2D eigenvalue weighted by molar-refractivity contribution is 0.205. The second-order valence-corrected chi connectivity index (χ2v) is 5.33. The van der Waals surface area contributed by atoms with E-state index in [-0.39, 0.29) is 5.54 Å². The van der Waals surface area contributed by atoms with Crippen LogP contribution in [0.1, 0.15) is 31.9 Å². The minimum atomic E-state index is 0.205. The molecule has 0 bridgehead atoms. The average molecular weight is 218 g/mol. The van der Waals surface area contributed by atoms with Gasteiger partial charge in [0.15, 0.2) is 0 Å². The van der Waals surface area contributed by atoms with Crippen molar-refractivity contribution in [3.63, 3.8) is 0 Å².